The van der Waals surface area contributed by atoms with E-state index >= 15 is 0 Å². The first-order valence-corrected chi connectivity index (χ1v) is 7.49. The molecule has 118 valence electrons. The highest BCUT2D eigenvalue weighted by molar-refractivity contribution is 9.10. The molecule has 22 heavy (non-hydrogen) atoms. The quantitative estimate of drug-likeness (QED) is 0.683. The number of aromatic amines is 2. The summed E-state index contributed by atoms with van der Waals surface area (Å²) < 4.78 is 0.809. The number of carboxylic acids is 1. The predicted molar refractivity (Wildman–Crippen MR) is 86.2 cm³/mol. The second-order valence-corrected chi connectivity index (χ2v) is 5.92. The number of likely N-dealkylation sites (N-methyl/N-ethyl adjacent to an activating group) is 1. The van der Waals surface area contributed by atoms with Gasteiger partial charge in [0.2, 0.25) is 0 Å². The van der Waals surface area contributed by atoms with Crippen LogP contribution in [0.3, 0.4) is 0 Å². The van der Waals surface area contributed by atoms with Gasteiger partial charge in [-0.1, -0.05) is 22.9 Å². The first kappa shape index (κ1) is 16.4. The Labute approximate surface area is 134 Å². The molecule has 0 saturated carbocycles. The lowest BCUT2D eigenvalue weighted by Gasteiger charge is -2.19. The monoisotopic (exact) mass is 369 g/mol. The minimum atomic E-state index is -0.929. The fourth-order valence-corrected chi connectivity index (χ4v) is 3.20. The molecule has 0 fully saturated rings. The van der Waals surface area contributed by atoms with E-state index in [2.05, 4.69) is 25.9 Å². The molecule has 2 rings (SSSR count). The average molecular weight is 370 g/mol. The van der Waals surface area contributed by atoms with E-state index in [0.717, 1.165) is 15.6 Å². The van der Waals surface area contributed by atoms with Crippen LogP contribution < -0.4 is 11.1 Å². The molecule has 0 aliphatic heterocycles. The lowest BCUT2D eigenvalue weighted by Crippen LogP contribution is -2.30. The van der Waals surface area contributed by atoms with Crippen LogP contribution in [0.4, 0.5) is 0 Å². The van der Waals surface area contributed by atoms with Gasteiger partial charge in [0.1, 0.15) is 0 Å². The highest BCUT2D eigenvalue weighted by Crippen LogP contribution is 2.28. The van der Waals surface area contributed by atoms with Gasteiger partial charge in [0.25, 0.3) is 0 Å². The van der Waals surface area contributed by atoms with Crippen molar-refractivity contribution in [3.8, 4) is 0 Å². The molecular weight excluding hydrogens is 354 g/mol. The van der Waals surface area contributed by atoms with Crippen molar-refractivity contribution in [3.05, 3.63) is 42.4 Å². The van der Waals surface area contributed by atoms with E-state index in [1.807, 2.05) is 6.92 Å². The number of hydrogen-bond acceptors (Lipinski definition) is 4. The van der Waals surface area contributed by atoms with Gasteiger partial charge in [0, 0.05) is 11.0 Å². The molecule has 3 N–H and O–H groups in total. The molecule has 2 aromatic rings. The Kier molecular flexibility index (Phi) is 4.82. The molecule has 0 unspecified atom stereocenters. The van der Waals surface area contributed by atoms with Gasteiger partial charge in [-0.15, -0.1) is 0 Å². The van der Waals surface area contributed by atoms with Crippen LogP contribution in [0, 0.1) is 0 Å². The van der Waals surface area contributed by atoms with Crippen molar-refractivity contribution in [1.82, 2.24) is 14.9 Å². The Hall–Kier alpha value is -1.93. The molecule has 1 aromatic carbocycles. The summed E-state index contributed by atoms with van der Waals surface area (Å²) in [4.78, 5) is 40.7. The van der Waals surface area contributed by atoms with Gasteiger partial charge < -0.3 is 15.1 Å². The molecule has 0 amide bonds. The summed E-state index contributed by atoms with van der Waals surface area (Å²) in [6.07, 6.45) is 0.702. The second kappa shape index (κ2) is 6.45. The summed E-state index contributed by atoms with van der Waals surface area (Å²) in [6, 6.07) is 1.74. The van der Waals surface area contributed by atoms with Crippen molar-refractivity contribution in [3.63, 3.8) is 0 Å². The third-order valence-electron chi connectivity index (χ3n) is 3.37. The van der Waals surface area contributed by atoms with Crippen LogP contribution in [0.25, 0.3) is 11.0 Å². The zero-order chi connectivity index (χ0) is 16.4. The SMILES string of the molecule is CCc1c(Br)cc2[nH]c(=O)c(=O)[nH]c2c1CN(C)CC(=O)O. The maximum Gasteiger partial charge on any atom is 0.317 e. The number of nitrogens with zero attached hydrogens (tertiary/aromatic N) is 1. The minimum absolute atomic E-state index is 0.120. The maximum absolute atomic E-state index is 11.6. The summed E-state index contributed by atoms with van der Waals surface area (Å²) >= 11 is 3.46. The van der Waals surface area contributed by atoms with E-state index in [4.69, 9.17) is 5.11 Å². The molecule has 1 aromatic heterocycles. The Morgan fingerprint density at radius 2 is 1.91 bits per heavy atom. The van der Waals surface area contributed by atoms with Gasteiger partial charge in [0.05, 0.1) is 17.6 Å². The summed E-state index contributed by atoms with van der Waals surface area (Å²) in [5.41, 5.74) is 1.36. The van der Waals surface area contributed by atoms with E-state index < -0.39 is 17.1 Å². The number of carboxylic acid groups (broad SMARTS) is 1. The fraction of sp³-hybridized carbons (Fsp3) is 0.357. The topological polar surface area (TPSA) is 106 Å². The van der Waals surface area contributed by atoms with Gasteiger partial charge in [-0.2, -0.15) is 0 Å². The first-order valence-electron chi connectivity index (χ1n) is 6.70. The van der Waals surface area contributed by atoms with Crippen molar-refractivity contribution in [1.29, 1.82) is 0 Å². The molecule has 0 aliphatic carbocycles. The molecule has 8 heteroatoms. The predicted octanol–water partition coefficient (Wildman–Crippen LogP) is 1.06. The number of aromatic nitrogens is 2. The number of H-pyrrole nitrogens is 2. The number of hydrogen-bond donors (Lipinski definition) is 3. The van der Waals surface area contributed by atoms with Crippen LogP contribution in [-0.2, 0) is 17.8 Å². The van der Waals surface area contributed by atoms with Crippen molar-refractivity contribution in [2.75, 3.05) is 13.6 Å². The smallest absolute Gasteiger partial charge is 0.317 e. The van der Waals surface area contributed by atoms with Crippen LogP contribution in [0.5, 0.6) is 0 Å². The van der Waals surface area contributed by atoms with E-state index in [1.165, 1.54) is 0 Å². The lowest BCUT2D eigenvalue weighted by molar-refractivity contribution is -0.138. The van der Waals surface area contributed by atoms with Crippen LogP contribution >= 0.6 is 15.9 Å². The summed E-state index contributed by atoms with van der Waals surface area (Å²) in [7, 11) is 1.68. The van der Waals surface area contributed by atoms with Gasteiger partial charge >= 0.3 is 17.1 Å². The lowest BCUT2D eigenvalue weighted by atomic mass is 10.0. The summed E-state index contributed by atoms with van der Waals surface area (Å²) in [5, 5.41) is 8.88. The molecule has 1 heterocycles. The van der Waals surface area contributed by atoms with Gasteiger partial charge in [-0.25, -0.2) is 0 Å². The van der Waals surface area contributed by atoms with E-state index in [0.29, 0.717) is 24.0 Å². The largest absolute Gasteiger partial charge is 0.480 e. The number of nitrogens with one attached hydrogen (secondary N) is 2. The van der Waals surface area contributed by atoms with Crippen molar-refractivity contribution >= 4 is 32.9 Å². The zero-order valence-electron chi connectivity index (χ0n) is 12.2. The van der Waals surface area contributed by atoms with E-state index in [1.54, 1.807) is 18.0 Å². The molecule has 0 atom stereocenters. The van der Waals surface area contributed by atoms with Gasteiger partial charge in [0.15, 0.2) is 0 Å². The molecule has 0 aliphatic rings. The number of rotatable bonds is 5. The molecule has 0 saturated heterocycles. The third-order valence-corrected chi connectivity index (χ3v) is 4.08. The van der Waals surface area contributed by atoms with Crippen LogP contribution in [-0.4, -0.2) is 39.5 Å². The fourth-order valence-electron chi connectivity index (χ4n) is 2.45. The number of aliphatic carboxylic acids is 1. The zero-order valence-corrected chi connectivity index (χ0v) is 13.8. The molecule has 7 nitrogen and oxygen atoms in total. The number of fused-ring (bicyclic) bond motifs is 1. The highest BCUT2D eigenvalue weighted by atomic mass is 79.9. The normalized spacial score (nSPS) is 11.3. The summed E-state index contributed by atoms with van der Waals surface area (Å²) in [5.74, 6) is -0.929. The van der Waals surface area contributed by atoms with Crippen LogP contribution in [0.1, 0.15) is 18.1 Å². The maximum atomic E-state index is 11.6. The third kappa shape index (κ3) is 3.28. The number of halogens is 1. The van der Waals surface area contributed by atoms with E-state index in [9.17, 15) is 14.4 Å². The number of benzene rings is 1. The van der Waals surface area contributed by atoms with Crippen LogP contribution in [0.2, 0.25) is 0 Å². The van der Waals surface area contributed by atoms with Crippen molar-refractivity contribution < 1.29 is 9.90 Å². The molecular formula is C14H16BrN3O4. The van der Waals surface area contributed by atoms with Gasteiger partial charge in [-0.05, 0) is 30.7 Å². The Balaban J connectivity index is 2.67. The number of carbonyl (C=O) groups is 1. The molecule has 0 spiro atoms. The van der Waals surface area contributed by atoms with E-state index in [-0.39, 0.29) is 6.54 Å². The molecule has 0 bridgehead atoms. The average Bonchev–Trinajstić information content (AvgIpc) is 2.40. The van der Waals surface area contributed by atoms with Gasteiger partial charge in [-0.3, -0.25) is 19.3 Å². The standard InChI is InChI=1S/C14H16BrN3O4/c1-3-7-8(5-18(2)6-11(19)20)12-10(4-9(7)15)16-13(21)14(22)17-12/h4H,3,5-6H2,1-2H3,(H,16,21)(H,17,22)(H,19,20). The van der Waals surface area contributed by atoms with Crippen LogP contribution in [0.15, 0.2) is 20.1 Å². The van der Waals surface area contributed by atoms with Crippen molar-refractivity contribution in [2.45, 2.75) is 19.9 Å². The summed E-state index contributed by atoms with van der Waals surface area (Å²) in [6.45, 7) is 2.19. The Morgan fingerprint density at radius 1 is 1.27 bits per heavy atom. The second-order valence-electron chi connectivity index (χ2n) is 5.07. The minimum Gasteiger partial charge on any atom is -0.480 e. The Bertz CT molecular complexity index is 840. The highest BCUT2D eigenvalue weighted by Gasteiger charge is 2.16. The Morgan fingerprint density at radius 3 is 2.50 bits per heavy atom. The molecule has 0 radical (unpaired) electrons. The first-order chi connectivity index (χ1) is 10.3. The van der Waals surface area contributed by atoms with Crippen molar-refractivity contribution in [2.24, 2.45) is 0 Å².